The molecule has 7 unspecified atom stereocenters. The lowest BCUT2D eigenvalue weighted by Crippen LogP contribution is -2.50. The molecule has 2 bridgehead atoms. The van der Waals surface area contributed by atoms with Crippen molar-refractivity contribution in [3.63, 3.8) is 0 Å². The molecule has 14 nitrogen and oxygen atoms in total. The molecule has 260 valence electrons. The molecule has 0 saturated heterocycles. The summed E-state index contributed by atoms with van der Waals surface area (Å²) in [4.78, 5) is -1.17. The van der Waals surface area contributed by atoms with Gasteiger partial charge in [0.05, 0.1) is 33.8 Å². The van der Waals surface area contributed by atoms with Gasteiger partial charge in [-0.05, 0) is 60.8 Å². The van der Waals surface area contributed by atoms with Crippen LogP contribution in [-0.4, -0.2) is 46.0 Å². The van der Waals surface area contributed by atoms with Gasteiger partial charge in [-0.1, -0.05) is 62.5 Å². The minimum Gasteiger partial charge on any atom is -0.368 e. The molecular weight excluding hydrogens is 736 g/mol. The number of allylic oxidation sites excluding steroid dienone is 2. The van der Waals surface area contributed by atoms with Gasteiger partial charge in [-0.25, -0.2) is 43.9 Å². The monoisotopic (exact) mass is 770 g/mol. The average molecular weight is 772 g/mol. The molecule has 0 spiro atoms. The number of fused-ring (bicyclic) bond motifs is 4. The van der Waals surface area contributed by atoms with Crippen LogP contribution in [-0.2, 0) is 40.1 Å². The summed E-state index contributed by atoms with van der Waals surface area (Å²) in [5, 5.41) is 16.2. The summed E-state index contributed by atoms with van der Waals surface area (Å²) >= 11 is 11.9. The molecule has 1 saturated carbocycles. The SMILES string of the molecule is CCC(C)C(C)C1Nc2cc(Cl)c(S(N)(=O)=O)cc2S(=O)(=O)N1.NS(=O)(=O)c1cc2c(cc1Cl)NC(C1CC3C=CC1C3)NS2(=O)=O. The van der Waals surface area contributed by atoms with E-state index in [1.54, 1.807) is 0 Å². The standard InChI is InChI=1S/C14H16ClN3O4S2.C13H20ClN3O4S2/c15-10-5-11-13(6-12(10)23(16,19)20)24(21,22)18-14(17-11)9-4-7-1-2-8(9)3-7;1-4-7(2)8(3)13-16-10-5-9(14)11(22(15,18)19)6-12(10)23(20,21)17-13/h1-2,5-9,14,17-18H,3-4H2,(H2,16,19,20);5-8,13,16-17H,4H2,1-3H3,(H2,15,18,19). The van der Waals surface area contributed by atoms with Crippen molar-refractivity contribution >= 4 is 74.7 Å². The third-order valence-corrected chi connectivity index (χ3v) is 15.0. The fraction of sp³-hybridized carbons (Fsp3) is 0.481. The number of hydrogen-bond donors (Lipinski definition) is 6. The van der Waals surface area contributed by atoms with Crippen molar-refractivity contribution in [2.75, 3.05) is 10.6 Å². The second-order valence-corrected chi connectivity index (χ2v) is 19.6. The number of halogens is 2. The van der Waals surface area contributed by atoms with Gasteiger partial charge < -0.3 is 10.6 Å². The highest BCUT2D eigenvalue weighted by atomic mass is 35.5. The van der Waals surface area contributed by atoms with Crippen molar-refractivity contribution in [2.45, 2.75) is 71.9 Å². The van der Waals surface area contributed by atoms with Gasteiger partial charge in [-0.2, -0.15) is 9.44 Å². The largest absolute Gasteiger partial charge is 0.368 e. The van der Waals surface area contributed by atoms with E-state index < -0.39 is 62.2 Å². The Morgan fingerprint density at radius 2 is 1.32 bits per heavy atom. The van der Waals surface area contributed by atoms with Crippen molar-refractivity contribution < 1.29 is 33.7 Å². The quantitative estimate of drug-likeness (QED) is 0.235. The lowest BCUT2D eigenvalue weighted by molar-refractivity contribution is 0.318. The Balaban J connectivity index is 0.000000185. The maximum atomic E-state index is 12.6. The van der Waals surface area contributed by atoms with Crippen molar-refractivity contribution in [3.8, 4) is 0 Å². The molecule has 47 heavy (non-hydrogen) atoms. The predicted molar refractivity (Wildman–Crippen MR) is 179 cm³/mol. The van der Waals surface area contributed by atoms with Crippen molar-refractivity contribution in [2.24, 2.45) is 39.9 Å². The van der Waals surface area contributed by atoms with Crippen LogP contribution in [0.5, 0.6) is 0 Å². The number of primary sulfonamides is 2. The Morgan fingerprint density at radius 3 is 1.77 bits per heavy atom. The van der Waals surface area contributed by atoms with E-state index in [0.717, 1.165) is 31.4 Å². The lowest BCUT2D eigenvalue weighted by Gasteiger charge is -2.35. The molecule has 0 amide bonds. The van der Waals surface area contributed by atoms with Crippen LogP contribution < -0.4 is 30.4 Å². The molecule has 7 atom stereocenters. The van der Waals surface area contributed by atoms with Crippen LogP contribution in [0.1, 0.15) is 40.0 Å². The number of rotatable bonds is 6. The molecule has 2 aliphatic heterocycles. The molecule has 1 fully saturated rings. The van der Waals surface area contributed by atoms with E-state index in [0.29, 0.717) is 17.5 Å². The summed E-state index contributed by atoms with van der Waals surface area (Å²) in [6, 6.07) is 4.57. The predicted octanol–water partition coefficient (Wildman–Crippen LogP) is 2.93. The molecule has 2 aromatic carbocycles. The Morgan fingerprint density at radius 1 is 0.809 bits per heavy atom. The molecule has 2 aliphatic carbocycles. The van der Waals surface area contributed by atoms with Crippen LogP contribution in [0.15, 0.2) is 56.0 Å². The molecule has 0 aromatic heterocycles. The van der Waals surface area contributed by atoms with Gasteiger partial charge in [0.15, 0.2) is 0 Å². The average Bonchev–Trinajstić information content (AvgIpc) is 3.58. The van der Waals surface area contributed by atoms with Gasteiger partial charge >= 0.3 is 0 Å². The maximum absolute atomic E-state index is 12.6. The summed E-state index contributed by atoms with van der Waals surface area (Å²) in [6.07, 6.45) is 6.24. The second-order valence-electron chi connectivity index (χ2n) is 12.3. The zero-order valence-electron chi connectivity index (χ0n) is 25.4. The maximum Gasteiger partial charge on any atom is 0.244 e. The summed E-state index contributed by atoms with van der Waals surface area (Å²) in [6.45, 7) is 6.01. The van der Waals surface area contributed by atoms with Crippen molar-refractivity contribution in [3.05, 3.63) is 46.5 Å². The van der Waals surface area contributed by atoms with E-state index in [1.807, 2.05) is 20.8 Å². The fourth-order valence-electron chi connectivity index (χ4n) is 6.37. The number of benzene rings is 2. The first kappa shape index (κ1) is 36.3. The van der Waals surface area contributed by atoms with Gasteiger partial charge in [-0.3, -0.25) is 0 Å². The van der Waals surface area contributed by atoms with Gasteiger partial charge in [0.25, 0.3) is 0 Å². The first-order chi connectivity index (χ1) is 21.6. The minimum absolute atomic E-state index is 0.0274. The molecule has 6 rings (SSSR count). The topological polar surface area (TPSA) is 237 Å². The molecule has 2 heterocycles. The number of nitrogens with two attached hydrogens (primary N) is 2. The Kier molecular flexibility index (Phi) is 9.81. The number of nitrogens with one attached hydrogen (secondary N) is 4. The Labute approximate surface area is 285 Å². The van der Waals surface area contributed by atoms with Crippen LogP contribution in [0.4, 0.5) is 11.4 Å². The van der Waals surface area contributed by atoms with E-state index in [2.05, 4.69) is 32.2 Å². The fourth-order valence-corrected chi connectivity index (χ4v) is 11.5. The zero-order chi connectivity index (χ0) is 34.9. The van der Waals surface area contributed by atoms with Crippen LogP contribution in [0, 0.1) is 29.6 Å². The summed E-state index contributed by atoms with van der Waals surface area (Å²) in [5.74, 6) is 1.31. The minimum atomic E-state index is -4.12. The first-order valence-electron chi connectivity index (χ1n) is 14.6. The van der Waals surface area contributed by atoms with Gasteiger partial charge in [0.1, 0.15) is 19.6 Å². The number of hydrogen-bond acceptors (Lipinski definition) is 10. The van der Waals surface area contributed by atoms with Gasteiger partial charge in [-0.15, -0.1) is 0 Å². The molecule has 4 aliphatic rings. The van der Waals surface area contributed by atoms with Crippen LogP contribution >= 0.6 is 23.2 Å². The van der Waals surface area contributed by atoms with E-state index >= 15 is 0 Å². The van der Waals surface area contributed by atoms with Gasteiger partial charge in [0.2, 0.25) is 40.1 Å². The third kappa shape index (κ3) is 7.32. The molecule has 8 N–H and O–H groups in total. The summed E-state index contributed by atoms with van der Waals surface area (Å²) < 4.78 is 101. The lowest BCUT2D eigenvalue weighted by atomic mass is 9.91. The van der Waals surface area contributed by atoms with Crippen LogP contribution in [0.2, 0.25) is 10.0 Å². The number of sulfonamides is 4. The van der Waals surface area contributed by atoms with Crippen LogP contribution in [0.25, 0.3) is 0 Å². The molecule has 20 heteroatoms. The molecule has 2 aromatic rings. The number of anilines is 2. The van der Waals surface area contributed by atoms with Crippen molar-refractivity contribution in [1.29, 1.82) is 0 Å². The summed E-state index contributed by atoms with van der Waals surface area (Å²) in [5.41, 5.74) is 0.559. The Bertz CT molecular complexity index is 2080. The van der Waals surface area contributed by atoms with Crippen molar-refractivity contribution in [1.82, 2.24) is 9.44 Å². The van der Waals surface area contributed by atoms with E-state index in [1.165, 1.54) is 12.1 Å². The highest BCUT2D eigenvalue weighted by molar-refractivity contribution is 7.91. The van der Waals surface area contributed by atoms with Gasteiger partial charge in [0, 0.05) is 5.92 Å². The Hall–Kier alpha value is -2.00. The van der Waals surface area contributed by atoms with Crippen LogP contribution in [0.3, 0.4) is 0 Å². The highest BCUT2D eigenvalue weighted by Gasteiger charge is 2.44. The second kappa shape index (κ2) is 12.7. The molecule has 0 radical (unpaired) electrons. The third-order valence-electron chi connectivity index (χ3n) is 9.27. The highest BCUT2D eigenvalue weighted by Crippen LogP contribution is 2.46. The van der Waals surface area contributed by atoms with E-state index in [9.17, 15) is 33.7 Å². The molecular formula is C27H36Cl2N6O8S4. The smallest absolute Gasteiger partial charge is 0.244 e. The zero-order valence-corrected chi connectivity index (χ0v) is 30.2. The summed E-state index contributed by atoms with van der Waals surface area (Å²) in [7, 11) is -16.0. The normalized spacial score (nSPS) is 28.1. The van der Waals surface area contributed by atoms with E-state index in [-0.39, 0.29) is 43.3 Å². The first-order valence-corrected chi connectivity index (χ1v) is 21.4. The van der Waals surface area contributed by atoms with E-state index in [4.69, 9.17) is 33.5 Å².